The van der Waals surface area contributed by atoms with Crippen molar-refractivity contribution in [1.29, 1.82) is 0 Å². The van der Waals surface area contributed by atoms with Gasteiger partial charge in [0.1, 0.15) is 6.61 Å². The van der Waals surface area contributed by atoms with Gasteiger partial charge in [-0.1, -0.05) is 0 Å². The number of esters is 1. The number of methoxy groups -OCH3 is 1. The fraction of sp³-hybridized carbons (Fsp3) is 0.500. The van der Waals surface area contributed by atoms with E-state index in [4.69, 9.17) is 14.2 Å². The molecule has 0 spiro atoms. The van der Waals surface area contributed by atoms with Crippen molar-refractivity contribution in [3.63, 3.8) is 0 Å². The fourth-order valence-corrected chi connectivity index (χ4v) is 1.21. The van der Waals surface area contributed by atoms with Crippen LogP contribution in [0.2, 0.25) is 0 Å². The number of pyridine rings is 1. The van der Waals surface area contributed by atoms with Crippen molar-refractivity contribution in [1.82, 2.24) is 4.98 Å². The first-order valence-corrected chi connectivity index (χ1v) is 5.59. The lowest BCUT2D eigenvalue weighted by Crippen LogP contribution is -2.12. The lowest BCUT2D eigenvalue weighted by molar-refractivity contribution is 0.0287. The van der Waals surface area contributed by atoms with E-state index < -0.39 is 11.9 Å². The van der Waals surface area contributed by atoms with Crippen molar-refractivity contribution < 1.29 is 23.4 Å². The molecule has 0 aliphatic rings. The maximum atomic E-state index is 12.7. The number of hydrogen-bond acceptors (Lipinski definition) is 5. The largest absolute Gasteiger partial charge is 0.460 e. The molecule has 0 bridgehead atoms. The number of hydrogen-bond donors (Lipinski definition) is 0. The Hall–Kier alpha value is -1.53. The number of aromatic nitrogens is 1. The average molecular weight is 257 g/mol. The standard InChI is InChI=1S/C12H16FNO4/c1-16-5-2-6-17-7-8-18-12(15)10-3-4-14-11(13)9-10/h3-4,9H,2,5-8H2,1H3. The molecule has 1 heterocycles. The second kappa shape index (κ2) is 8.54. The van der Waals surface area contributed by atoms with Gasteiger partial charge in [0.2, 0.25) is 5.95 Å². The SMILES string of the molecule is COCCCOCCOC(=O)c1ccnc(F)c1. The van der Waals surface area contributed by atoms with Crippen molar-refractivity contribution in [3.05, 3.63) is 29.8 Å². The van der Waals surface area contributed by atoms with Crippen LogP contribution in [-0.2, 0) is 14.2 Å². The number of carbonyl (C=O) groups is 1. The van der Waals surface area contributed by atoms with Gasteiger partial charge in [-0.05, 0) is 12.5 Å². The van der Waals surface area contributed by atoms with E-state index in [1.807, 2.05) is 0 Å². The van der Waals surface area contributed by atoms with Crippen molar-refractivity contribution in [2.24, 2.45) is 0 Å². The summed E-state index contributed by atoms with van der Waals surface area (Å²) in [5, 5.41) is 0. The first-order chi connectivity index (χ1) is 8.74. The molecule has 0 unspecified atom stereocenters. The van der Waals surface area contributed by atoms with Gasteiger partial charge in [0.25, 0.3) is 0 Å². The summed E-state index contributed by atoms with van der Waals surface area (Å²) in [6.07, 6.45) is 2.01. The van der Waals surface area contributed by atoms with Gasteiger partial charge in [-0.2, -0.15) is 4.39 Å². The molecule has 0 N–H and O–H groups in total. The maximum Gasteiger partial charge on any atom is 0.338 e. The number of nitrogens with zero attached hydrogens (tertiary/aromatic N) is 1. The summed E-state index contributed by atoms with van der Waals surface area (Å²) in [6, 6.07) is 2.42. The topological polar surface area (TPSA) is 57.7 Å². The van der Waals surface area contributed by atoms with Crippen LogP contribution in [0.5, 0.6) is 0 Å². The van der Waals surface area contributed by atoms with Crippen LogP contribution in [0, 0.1) is 5.95 Å². The predicted molar refractivity (Wildman–Crippen MR) is 61.8 cm³/mol. The van der Waals surface area contributed by atoms with E-state index in [0.717, 1.165) is 12.5 Å². The molecule has 0 fully saturated rings. The van der Waals surface area contributed by atoms with E-state index in [1.165, 1.54) is 12.3 Å². The van der Waals surface area contributed by atoms with E-state index in [0.29, 0.717) is 19.8 Å². The molecule has 0 aromatic carbocycles. The van der Waals surface area contributed by atoms with Crippen LogP contribution in [0.4, 0.5) is 4.39 Å². The number of halogens is 1. The van der Waals surface area contributed by atoms with Gasteiger partial charge in [-0.3, -0.25) is 0 Å². The highest BCUT2D eigenvalue weighted by molar-refractivity contribution is 5.89. The molecule has 6 heteroatoms. The smallest absolute Gasteiger partial charge is 0.338 e. The van der Waals surface area contributed by atoms with E-state index in [1.54, 1.807) is 7.11 Å². The fourth-order valence-electron chi connectivity index (χ4n) is 1.21. The van der Waals surface area contributed by atoms with E-state index >= 15 is 0 Å². The van der Waals surface area contributed by atoms with Crippen LogP contribution >= 0.6 is 0 Å². The molecule has 0 aliphatic carbocycles. The Morgan fingerprint density at radius 3 is 2.89 bits per heavy atom. The molecule has 0 aliphatic heterocycles. The summed E-state index contributed by atoms with van der Waals surface area (Å²) < 4.78 is 27.7. The zero-order chi connectivity index (χ0) is 13.2. The quantitative estimate of drug-likeness (QED) is 0.400. The molecule has 100 valence electrons. The highest BCUT2D eigenvalue weighted by Gasteiger charge is 2.07. The highest BCUT2D eigenvalue weighted by Crippen LogP contribution is 2.02. The normalized spacial score (nSPS) is 10.3. The first-order valence-electron chi connectivity index (χ1n) is 5.59. The Kier molecular flexibility index (Phi) is 6.90. The molecule has 0 radical (unpaired) electrons. The minimum absolute atomic E-state index is 0.135. The summed E-state index contributed by atoms with van der Waals surface area (Å²) in [6.45, 7) is 1.63. The van der Waals surface area contributed by atoms with E-state index in [2.05, 4.69) is 4.98 Å². The number of ether oxygens (including phenoxy) is 3. The highest BCUT2D eigenvalue weighted by atomic mass is 19.1. The third-order valence-corrected chi connectivity index (χ3v) is 2.06. The molecule has 0 atom stereocenters. The van der Waals surface area contributed by atoms with Crippen LogP contribution in [0.15, 0.2) is 18.3 Å². The van der Waals surface area contributed by atoms with Crippen LogP contribution in [0.1, 0.15) is 16.8 Å². The molecular formula is C12H16FNO4. The molecule has 18 heavy (non-hydrogen) atoms. The van der Waals surface area contributed by atoms with Gasteiger partial charge in [-0.15, -0.1) is 0 Å². The number of rotatable bonds is 8. The van der Waals surface area contributed by atoms with Gasteiger partial charge in [0.15, 0.2) is 0 Å². The van der Waals surface area contributed by atoms with Crippen LogP contribution < -0.4 is 0 Å². The molecule has 1 aromatic rings. The predicted octanol–water partition coefficient (Wildman–Crippen LogP) is 1.43. The van der Waals surface area contributed by atoms with E-state index in [9.17, 15) is 9.18 Å². The number of carbonyl (C=O) groups excluding carboxylic acids is 1. The Bertz CT molecular complexity index is 373. The van der Waals surface area contributed by atoms with Crippen LogP contribution in [0.3, 0.4) is 0 Å². The van der Waals surface area contributed by atoms with Crippen molar-refractivity contribution in [3.8, 4) is 0 Å². The van der Waals surface area contributed by atoms with Crippen LogP contribution in [-0.4, -0.2) is 44.5 Å². The lowest BCUT2D eigenvalue weighted by Gasteiger charge is -2.05. The van der Waals surface area contributed by atoms with Crippen molar-refractivity contribution in [2.75, 3.05) is 33.5 Å². The maximum absolute atomic E-state index is 12.7. The van der Waals surface area contributed by atoms with Crippen molar-refractivity contribution >= 4 is 5.97 Å². The minimum Gasteiger partial charge on any atom is -0.460 e. The summed E-state index contributed by atoms with van der Waals surface area (Å²) >= 11 is 0. The zero-order valence-corrected chi connectivity index (χ0v) is 10.2. The third kappa shape index (κ3) is 5.70. The van der Waals surface area contributed by atoms with Gasteiger partial charge in [-0.25, -0.2) is 9.78 Å². The minimum atomic E-state index is -0.708. The summed E-state index contributed by atoms with van der Waals surface area (Å²) in [7, 11) is 1.62. The molecule has 1 rings (SSSR count). The van der Waals surface area contributed by atoms with Crippen molar-refractivity contribution in [2.45, 2.75) is 6.42 Å². The van der Waals surface area contributed by atoms with Gasteiger partial charge >= 0.3 is 5.97 Å². The van der Waals surface area contributed by atoms with Gasteiger partial charge in [0, 0.05) is 32.6 Å². The first kappa shape index (κ1) is 14.5. The second-order valence-corrected chi connectivity index (χ2v) is 3.46. The average Bonchev–Trinajstić information content (AvgIpc) is 2.37. The second-order valence-electron chi connectivity index (χ2n) is 3.46. The lowest BCUT2D eigenvalue weighted by atomic mass is 10.3. The molecular weight excluding hydrogens is 241 g/mol. The van der Waals surface area contributed by atoms with E-state index in [-0.39, 0.29) is 12.2 Å². The van der Waals surface area contributed by atoms with Gasteiger partial charge < -0.3 is 14.2 Å². The molecule has 0 amide bonds. The van der Waals surface area contributed by atoms with Crippen LogP contribution in [0.25, 0.3) is 0 Å². The monoisotopic (exact) mass is 257 g/mol. The Morgan fingerprint density at radius 2 is 2.17 bits per heavy atom. The van der Waals surface area contributed by atoms with Gasteiger partial charge in [0.05, 0.1) is 12.2 Å². The Balaban J connectivity index is 2.14. The third-order valence-electron chi connectivity index (χ3n) is 2.06. The molecule has 5 nitrogen and oxygen atoms in total. The zero-order valence-electron chi connectivity index (χ0n) is 10.2. The molecule has 0 saturated heterocycles. The summed E-state index contributed by atoms with van der Waals surface area (Å²) in [5.41, 5.74) is 0.141. The summed E-state index contributed by atoms with van der Waals surface area (Å²) in [4.78, 5) is 14.8. The Labute approximate surface area is 105 Å². The molecule has 1 aromatic heterocycles. The Morgan fingerprint density at radius 1 is 1.33 bits per heavy atom. The molecule has 0 saturated carbocycles. The summed E-state index contributed by atoms with van der Waals surface area (Å²) in [5.74, 6) is -1.29.